The molecular weight excluding hydrogens is 791 g/mol. The Hall–Kier alpha value is -6.26. The van der Waals surface area contributed by atoms with Crippen LogP contribution in [-0.2, 0) is 11.3 Å². The maximum absolute atomic E-state index is 9.80. The van der Waals surface area contributed by atoms with E-state index in [0.717, 1.165) is 89.4 Å². The first-order valence-corrected chi connectivity index (χ1v) is 23.1. The number of rotatable bonds is 7. The van der Waals surface area contributed by atoms with Crippen LogP contribution in [-0.4, -0.2) is 4.57 Å². The van der Waals surface area contributed by atoms with Crippen molar-refractivity contribution < 1.29 is 23.5 Å². The molecule has 65 heavy (non-hydrogen) atoms. The first kappa shape index (κ1) is 34.1. The van der Waals surface area contributed by atoms with Gasteiger partial charge in [-0.15, -0.1) is 9.13 Å². The fourth-order valence-electron chi connectivity index (χ4n) is 10.8. The van der Waals surface area contributed by atoms with Gasteiger partial charge in [-0.25, -0.2) is 0 Å². The molecule has 326 valence electrons. The van der Waals surface area contributed by atoms with E-state index in [1.165, 1.54) is 5.56 Å². The van der Waals surface area contributed by atoms with Gasteiger partial charge in [-0.1, -0.05) is 142 Å². The normalized spacial score (nSPS) is 17.6. The lowest BCUT2D eigenvalue weighted by molar-refractivity contribution is -0.997. The van der Waals surface area contributed by atoms with Gasteiger partial charge in [0.05, 0.1) is 11.0 Å². The van der Waals surface area contributed by atoms with Crippen molar-refractivity contribution in [3.05, 3.63) is 166 Å². The van der Waals surface area contributed by atoms with Gasteiger partial charge in [-0.05, 0) is 141 Å². The molecule has 6 aromatic carbocycles. The maximum atomic E-state index is 9.80. The largest absolute Gasteiger partial charge is 0.499 e. The predicted octanol–water partition coefficient (Wildman–Crippen LogP) is 15.2. The first-order chi connectivity index (χ1) is 33.6. The standard InChI is InChI=1S/C61H63N3O/c1-34(2)43-29-48(37(7)8)58-51(30-43)59-63(52-25-24-42(28-39(52)10)55-45(35(3)4)16-14-17-46(55)36(5)6)53-19-15-18-47-49-32-44(60(11,12)13)33-50-54-31-41(40-22-20-38(9)21-23-40)26-27-62(54)61(65-58,56(49)50)64(59)57(47)53/h14-37H,1-13H3/q+2/i20D,21D,22D,23D,34D,35D,37D. The van der Waals surface area contributed by atoms with Gasteiger partial charge in [-0.3, -0.25) is 0 Å². The predicted molar refractivity (Wildman–Crippen MR) is 268 cm³/mol. The molecule has 0 fully saturated rings. The summed E-state index contributed by atoms with van der Waals surface area (Å²) in [5, 5.41) is 0. The van der Waals surface area contributed by atoms with Gasteiger partial charge in [0.15, 0.2) is 23.0 Å². The Kier molecular flexibility index (Phi) is 7.55. The van der Waals surface area contributed by atoms with Crippen LogP contribution in [0.2, 0.25) is 0 Å². The average molecular weight is 861 g/mol. The topological polar surface area (TPSA) is 21.9 Å². The molecule has 0 radical (unpaired) electrons. The molecule has 1 unspecified atom stereocenters. The number of ether oxygens (including phenoxy) is 1. The van der Waals surface area contributed by atoms with Crippen LogP contribution >= 0.6 is 0 Å². The van der Waals surface area contributed by atoms with E-state index in [2.05, 4.69) is 128 Å². The Morgan fingerprint density at radius 2 is 1.37 bits per heavy atom. The zero-order chi connectivity index (χ0) is 51.8. The highest BCUT2D eigenvalue weighted by Crippen LogP contribution is 2.56. The third-order valence-electron chi connectivity index (χ3n) is 14.1. The molecule has 0 bridgehead atoms. The fourth-order valence-corrected chi connectivity index (χ4v) is 10.8. The number of aromatic nitrogens is 3. The van der Waals surface area contributed by atoms with Gasteiger partial charge in [-0.2, -0.15) is 4.57 Å². The summed E-state index contributed by atoms with van der Waals surface area (Å²) in [6.45, 7) is 26.3. The van der Waals surface area contributed by atoms with E-state index in [9.17, 15) is 4.11 Å². The molecule has 1 spiro atoms. The van der Waals surface area contributed by atoms with Crippen LogP contribution in [0.4, 0.5) is 0 Å². The van der Waals surface area contributed by atoms with E-state index in [4.69, 9.17) is 10.2 Å². The van der Waals surface area contributed by atoms with Gasteiger partial charge in [0.2, 0.25) is 5.69 Å². The van der Waals surface area contributed by atoms with Crippen molar-refractivity contribution in [1.82, 2.24) is 4.57 Å². The van der Waals surface area contributed by atoms with Crippen molar-refractivity contribution in [2.75, 3.05) is 0 Å². The molecule has 1 atom stereocenters. The summed E-state index contributed by atoms with van der Waals surface area (Å²) < 4.78 is 79.2. The molecule has 4 heteroatoms. The number of hydrogen-bond acceptors (Lipinski definition) is 1. The van der Waals surface area contributed by atoms with Crippen LogP contribution < -0.4 is 13.9 Å². The average Bonchev–Trinajstić information content (AvgIpc) is 3.79. The molecule has 0 saturated carbocycles. The molecule has 0 aliphatic carbocycles. The summed E-state index contributed by atoms with van der Waals surface area (Å²) in [6, 6.07) is 31.7. The van der Waals surface area contributed by atoms with E-state index in [1.54, 1.807) is 6.92 Å². The Balaban J connectivity index is 1.31. The lowest BCUT2D eigenvalue weighted by Crippen LogP contribution is -2.78. The number of imidazole rings is 1. The quantitative estimate of drug-likeness (QED) is 0.146. The molecule has 2 aromatic heterocycles. The fraction of sp³-hybridized carbons (Fsp3) is 0.311. The minimum absolute atomic E-state index is 0.0632. The zero-order valence-electron chi connectivity index (χ0n) is 47.1. The summed E-state index contributed by atoms with van der Waals surface area (Å²) in [4.78, 5) is 0. The van der Waals surface area contributed by atoms with Crippen LogP contribution in [0.15, 0.2) is 121 Å². The van der Waals surface area contributed by atoms with Gasteiger partial charge in [0.1, 0.15) is 16.8 Å². The molecule has 11 rings (SSSR count). The van der Waals surface area contributed by atoms with Crippen LogP contribution in [0.1, 0.15) is 154 Å². The number of nitrogens with zero attached hydrogens (tertiary/aromatic N) is 3. The Morgan fingerprint density at radius 1 is 0.662 bits per heavy atom. The third kappa shape index (κ3) is 5.88. The van der Waals surface area contributed by atoms with Crippen LogP contribution in [0.3, 0.4) is 0 Å². The second-order valence-electron chi connectivity index (χ2n) is 20.6. The number of pyridine rings is 1. The Labute approximate surface area is 396 Å². The number of benzene rings is 6. The molecular formula is C61H63N3O+2. The highest BCUT2D eigenvalue weighted by Gasteiger charge is 2.69. The first-order valence-electron chi connectivity index (χ1n) is 26.6. The summed E-state index contributed by atoms with van der Waals surface area (Å²) in [5.41, 5.74) is 17.0. The van der Waals surface area contributed by atoms with E-state index in [-0.39, 0.29) is 41.1 Å². The SMILES string of the molecule is [2H]c1c([2H])c(-c2cc[n+]3c(c2)-c2cc(C(C)(C)C)cc4c2C32Oc3c(cc(C([2H])(C)C)cc3C([2H])(C)C)-c3n(-c5ccc(-c6c(C(C)C)cccc6C([2H])(C)C)cc5C)c5cccc-4c5[n+]32)c([2H])c([2H])c1C. The number of fused-ring (bicyclic) bond motifs is 5. The number of para-hydroxylation sites is 1. The second-order valence-corrected chi connectivity index (χ2v) is 20.6. The van der Waals surface area contributed by atoms with Gasteiger partial charge in [0.25, 0.3) is 0 Å². The third-order valence-corrected chi connectivity index (χ3v) is 14.1. The van der Waals surface area contributed by atoms with E-state index >= 15 is 0 Å². The monoisotopic (exact) mass is 861 g/mol. The van der Waals surface area contributed by atoms with Crippen molar-refractivity contribution >= 4 is 11.0 Å². The summed E-state index contributed by atoms with van der Waals surface area (Å²) >= 11 is 0. The zero-order valence-corrected chi connectivity index (χ0v) is 40.1. The number of hydrogen-bond donors (Lipinski definition) is 0. The van der Waals surface area contributed by atoms with Crippen molar-refractivity contribution in [2.24, 2.45) is 0 Å². The van der Waals surface area contributed by atoms with Crippen molar-refractivity contribution in [2.45, 2.75) is 125 Å². The molecule has 0 saturated heterocycles. The van der Waals surface area contributed by atoms with Crippen molar-refractivity contribution in [1.29, 1.82) is 0 Å². The molecule has 8 aromatic rings. The van der Waals surface area contributed by atoms with Crippen LogP contribution in [0.25, 0.3) is 72.7 Å². The minimum Gasteiger partial charge on any atom is -0.392 e. The molecule has 3 aliphatic rings. The highest BCUT2D eigenvalue weighted by atomic mass is 16.5. The second kappa shape index (κ2) is 14.4. The summed E-state index contributed by atoms with van der Waals surface area (Å²) in [6.07, 6.45) is 1.97. The number of aryl methyl sites for hydroxylation is 1. The molecule has 3 aliphatic heterocycles. The highest BCUT2D eigenvalue weighted by molar-refractivity contribution is 5.98. The summed E-state index contributed by atoms with van der Waals surface area (Å²) in [7, 11) is 0. The van der Waals surface area contributed by atoms with Gasteiger partial charge >= 0.3 is 11.7 Å². The molecule has 0 N–H and O–H groups in total. The molecule has 5 heterocycles. The maximum Gasteiger partial charge on any atom is 0.499 e. The van der Waals surface area contributed by atoms with Gasteiger partial charge < -0.3 is 4.74 Å². The van der Waals surface area contributed by atoms with Gasteiger partial charge in [0, 0.05) is 27.4 Å². The van der Waals surface area contributed by atoms with E-state index < -0.39 is 23.5 Å². The smallest absolute Gasteiger partial charge is 0.392 e. The van der Waals surface area contributed by atoms with E-state index in [1.807, 2.05) is 65.9 Å². The summed E-state index contributed by atoms with van der Waals surface area (Å²) in [5.74, 6) is -2.79. The van der Waals surface area contributed by atoms with Crippen LogP contribution in [0, 0.1) is 13.8 Å². The Morgan fingerprint density at radius 3 is 2.05 bits per heavy atom. The lowest BCUT2D eigenvalue weighted by atomic mass is 9.80. The van der Waals surface area contributed by atoms with Crippen LogP contribution in [0.5, 0.6) is 5.75 Å². The molecule has 0 amide bonds. The molecule has 4 nitrogen and oxygen atoms in total. The van der Waals surface area contributed by atoms with E-state index in [0.29, 0.717) is 22.4 Å². The van der Waals surface area contributed by atoms with Crippen molar-refractivity contribution in [3.63, 3.8) is 0 Å². The Bertz CT molecular complexity index is 3680. The minimum atomic E-state index is -1.40. The van der Waals surface area contributed by atoms with Crippen molar-refractivity contribution in [3.8, 4) is 67.5 Å². The lowest BCUT2D eigenvalue weighted by Gasteiger charge is -2.34.